The molecule has 152 valence electrons. The predicted octanol–water partition coefficient (Wildman–Crippen LogP) is 5.56. The lowest BCUT2D eigenvalue weighted by atomic mass is 9.95. The number of rotatable bonds is 5. The molecule has 2 aromatic carbocycles. The lowest BCUT2D eigenvalue weighted by Crippen LogP contribution is -2.14. The number of aryl methyl sites for hydroxylation is 1. The van der Waals surface area contributed by atoms with Crippen LogP contribution in [0.15, 0.2) is 59.6 Å². The molecule has 0 radical (unpaired) electrons. The van der Waals surface area contributed by atoms with E-state index >= 15 is 0 Å². The molecule has 0 bridgehead atoms. The summed E-state index contributed by atoms with van der Waals surface area (Å²) in [4.78, 5) is 30.4. The number of carbonyl (C=O) groups excluding carboxylic acids is 2. The Hall–Kier alpha value is -3.25. The molecule has 5 nitrogen and oxygen atoms in total. The Kier molecular flexibility index (Phi) is 6.05. The van der Waals surface area contributed by atoms with E-state index in [2.05, 4.69) is 10.3 Å². The number of anilines is 1. The van der Waals surface area contributed by atoms with E-state index in [1.54, 1.807) is 29.7 Å². The van der Waals surface area contributed by atoms with Crippen molar-refractivity contribution < 1.29 is 14.3 Å². The molecule has 6 heteroatoms. The van der Waals surface area contributed by atoms with Gasteiger partial charge in [-0.25, -0.2) is 4.99 Å². The third kappa shape index (κ3) is 4.49. The van der Waals surface area contributed by atoms with Gasteiger partial charge in [0.05, 0.1) is 5.56 Å². The molecule has 0 unspecified atom stereocenters. The molecular formula is C24H22N2O3S. The fraction of sp³-hybridized carbons (Fsp3) is 0.208. The summed E-state index contributed by atoms with van der Waals surface area (Å²) in [5, 5.41) is 3.68. The van der Waals surface area contributed by atoms with Crippen LogP contribution in [0.3, 0.4) is 0 Å². The second-order valence-electron chi connectivity index (χ2n) is 7.10. The van der Waals surface area contributed by atoms with E-state index < -0.39 is 0 Å². The molecular weight excluding hydrogens is 396 g/mol. The van der Waals surface area contributed by atoms with Crippen LogP contribution in [0.2, 0.25) is 0 Å². The molecule has 1 aromatic heterocycles. The van der Waals surface area contributed by atoms with Gasteiger partial charge in [-0.3, -0.25) is 9.59 Å². The summed E-state index contributed by atoms with van der Waals surface area (Å²) in [7, 11) is 0. The number of hydrogen-bond acceptors (Lipinski definition) is 5. The van der Waals surface area contributed by atoms with E-state index in [1.165, 1.54) is 11.8 Å². The minimum absolute atomic E-state index is 0.138. The van der Waals surface area contributed by atoms with Gasteiger partial charge in [0.15, 0.2) is 0 Å². The van der Waals surface area contributed by atoms with Gasteiger partial charge in [-0.1, -0.05) is 30.3 Å². The monoisotopic (exact) mass is 418 g/mol. The summed E-state index contributed by atoms with van der Waals surface area (Å²) in [6, 6.07) is 16.7. The van der Waals surface area contributed by atoms with E-state index in [1.807, 2.05) is 42.5 Å². The Labute approximate surface area is 179 Å². The first kappa shape index (κ1) is 20.0. The van der Waals surface area contributed by atoms with Crippen LogP contribution < -0.4 is 10.1 Å². The number of nitrogens with one attached hydrogen (secondary N) is 1. The van der Waals surface area contributed by atoms with E-state index in [-0.39, 0.29) is 11.9 Å². The van der Waals surface area contributed by atoms with E-state index in [9.17, 15) is 9.59 Å². The Morgan fingerprint density at radius 2 is 1.77 bits per heavy atom. The van der Waals surface area contributed by atoms with Crippen molar-refractivity contribution in [2.45, 2.75) is 32.6 Å². The highest BCUT2D eigenvalue weighted by molar-refractivity contribution is 7.16. The molecule has 0 fully saturated rings. The minimum Gasteiger partial charge on any atom is -0.426 e. The molecule has 1 N–H and O–H groups in total. The van der Waals surface area contributed by atoms with Crippen molar-refractivity contribution in [1.82, 2.24) is 0 Å². The maximum absolute atomic E-state index is 13.1. The van der Waals surface area contributed by atoms with Crippen LogP contribution in [-0.4, -0.2) is 18.1 Å². The number of aliphatic imine (C=N–C) groups is 1. The minimum atomic E-state index is -0.384. The molecule has 0 spiro atoms. The van der Waals surface area contributed by atoms with Crippen molar-refractivity contribution in [3.8, 4) is 5.75 Å². The molecule has 1 heterocycles. The van der Waals surface area contributed by atoms with Gasteiger partial charge in [0.2, 0.25) is 0 Å². The average Bonchev–Trinajstić information content (AvgIpc) is 3.12. The fourth-order valence-corrected chi connectivity index (χ4v) is 4.79. The van der Waals surface area contributed by atoms with Gasteiger partial charge >= 0.3 is 5.97 Å². The Bertz CT molecular complexity index is 1100. The lowest BCUT2D eigenvalue weighted by Gasteiger charge is -2.12. The first-order valence-corrected chi connectivity index (χ1v) is 10.8. The van der Waals surface area contributed by atoms with Gasteiger partial charge < -0.3 is 10.1 Å². The summed E-state index contributed by atoms with van der Waals surface area (Å²) in [5.74, 6) is -0.0725. The summed E-state index contributed by atoms with van der Waals surface area (Å²) in [6.45, 7) is 1.37. The first-order chi connectivity index (χ1) is 14.6. The average molecular weight is 419 g/mol. The number of amides is 1. The van der Waals surface area contributed by atoms with Crippen LogP contribution in [0.25, 0.3) is 0 Å². The number of benzene rings is 2. The quantitative estimate of drug-likeness (QED) is 0.335. The van der Waals surface area contributed by atoms with Gasteiger partial charge in [-0.2, -0.15) is 0 Å². The number of thiophene rings is 1. The zero-order valence-electron chi connectivity index (χ0n) is 16.7. The first-order valence-electron chi connectivity index (χ1n) is 9.94. The third-order valence-electron chi connectivity index (χ3n) is 4.91. The maximum Gasteiger partial charge on any atom is 0.308 e. The second kappa shape index (κ2) is 9.05. The highest BCUT2D eigenvalue weighted by Crippen LogP contribution is 2.40. The van der Waals surface area contributed by atoms with Crippen LogP contribution >= 0.6 is 11.3 Å². The number of hydrogen-bond donors (Lipinski definition) is 1. The van der Waals surface area contributed by atoms with Gasteiger partial charge in [0, 0.05) is 29.3 Å². The number of para-hydroxylation sites is 2. The number of ether oxygens (including phenoxy) is 1. The van der Waals surface area contributed by atoms with Gasteiger partial charge in [0.25, 0.3) is 5.91 Å². The normalized spacial score (nSPS) is 13.1. The SMILES string of the molecule is CC(=O)Oc1ccccc1C=Nc1sc2c(c1C(=O)Nc1ccccc1)CCCC2. The van der Waals surface area contributed by atoms with Crippen LogP contribution in [0, 0.1) is 0 Å². The zero-order valence-corrected chi connectivity index (χ0v) is 17.5. The topological polar surface area (TPSA) is 67.8 Å². The van der Waals surface area contributed by atoms with Gasteiger partial charge in [0.1, 0.15) is 10.8 Å². The van der Waals surface area contributed by atoms with Crippen molar-refractivity contribution in [2.24, 2.45) is 4.99 Å². The van der Waals surface area contributed by atoms with Crippen molar-refractivity contribution in [3.63, 3.8) is 0 Å². The van der Waals surface area contributed by atoms with Crippen LogP contribution in [-0.2, 0) is 17.6 Å². The maximum atomic E-state index is 13.1. The predicted molar refractivity (Wildman–Crippen MR) is 120 cm³/mol. The molecule has 1 amide bonds. The summed E-state index contributed by atoms with van der Waals surface area (Å²) in [5.41, 5.74) is 3.21. The number of fused-ring (bicyclic) bond motifs is 1. The Balaban J connectivity index is 1.68. The Morgan fingerprint density at radius 1 is 1.03 bits per heavy atom. The zero-order chi connectivity index (χ0) is 20.9. The van der Waals surface area contributed by atoms with Crippen LogP contribution in [0.1, 0.15) is 46.1 Å². The number of nitrogens with zero attached hydrogens (tertiary/aromatic N) is 1. The van der Waals surface area contributed by atoms with Gasteiger partial charge in [-0.15, -0.1) is 11.3 Å². The van der Waals surface area contributed by atoms with Crippen molar-refractivity contribution in [2.75, 3.05) is 5.32 Å². The molecule has 1 aliphatic carbocycles. The third-order valence-corrected chi connectivity index (χ3v) is 6.10. The number of carbonyl (C=O) groups is 2. The fourth-order valence-electron chi connectivity index (χ4n) is 3.55. The highest BCUT2D eigenvalue weighted by Gasteiger charge is 2.25. The smallest absolute Gasteiger partial charge is 0.308 e. The molecule has 0 aliphatic heterocycles. The van der Waals surface area contributed by atoms with Crippen molar-refractivity contribution in [3.05, 3.63) is 76.2 Å². The molecule has 1 aliphatic rings. The standard InChI is InChI=1S/C24H22N2O3S/c1-16(27)29-20-13-7-5-9-17(20)15-25-24-22(19-12-6-8-14-21(19)30-24)23(28)26-18-10-3-2-4-11-18/h2-5,7,9-11,13,15H,6,8,12,14H2,1H3,(H,26,28). The largest absolute Gasteiger partial charge is 0.426 e. The summed E-state index contributed by atoms with van der Waals surface area (Å²) < 4.78 is 5.27. The summed E-state index contributed by atoms with van der Waals surface area (Å²) >= 11 is 1.57. The van der Waals surface area contributed by atoms with Crippen molar-refractivity contribution >= 4 is 40.1 Å². The second-order valence-corrected chi connectivity index (χ2v) is 8.18. The molecule has 4 rings (SSSR count). The summed E-state index contributed by atoms with van der Waals surface area (Å²) in [6.07, 6.45) is 5.74. The molecule has 0 saturated heterocycles. The van der Waals surface area contributed by atoms with Crippen molar-refractivity contribution in [1.29, 1.82) is 0 Å². The van der Waals surface area contributed by atoms with Gasteiger partial charge in [-0.05, 0) is 55.5 Å². The van der Waals surface area contributed by atoms with Crippen LogP contribution in [0.5, 0.6) is 5.75 Å². The van der Waals surface area contributed by atoms with E-state index in [4.69, 9.17) is 4.74 Å². The highest BCUT2D eigenvalue weighted by atomic mass is 32.1. The number of esters is 1. The van der Waals surface area contributed by atoms with E-state index in [0.717, 1.165) is 36.9 Å². The molecule has 30 heavy (non-hydrogen) atoms. The van der Waals surface area contributed by atoms with Crippen LogP contribution in [0.4, 0.5) is 10.7 Å². The lowest BCUT2D eigenvalue weighted by molar-refractivity contribution is -0.131. The molecule has 0 atom stereocenters. The molecule has 0 saturated carbocycles. The van der Waals surface area contributed by atoms with E-state index in [0.29, 0.717) is 21.9 Å². The Morgan fingerprint density at radius 3 is 2.57 bits per heavy atom. The molecule has 3 aromatic rings.